The van der Waals surface area contributed by atoms with E-state index >= 15 is 0 Å². The fourth-order valence-corrected chi connectivity index (χ4v) is 1.51. The van der Waals surface area contributed by atoms with Gasteiger partial charge in [0.15, 0.2) is 6.10 Å². The molecule has 0 spiro atoms. The summed E-state index contributed by atoms with van der Waals surface area (Å²) in [7, 11) is 0. The molecule has 3 aliphatic rings. The maximum Gasteiger partial charge on any atom is 0.221 e. The van der Waals surface area contributed by atoms with Crippen molar-refractivity contribution in [3.63, 3.8) is 0 Å². The monoisotopic (exact) mass is 142 g/mol. The van der Waals surface area contributed by atoms with Crippen LogP contribution in [-0.2, 0) is 19.0 Å². The maximum absolute atomic E-state index is 11.0. The van der Waals surface area contributed by atoms with Gasteiger partial charge in [0.25, 0.3) is 0 Å². The number of ether oxygens (including phenoxy) is 3. The first-order valence-corrected chi connectivity index (χ1v) is 3.32. The number of hydrogen-bond acceptors (Lipinski definition) is 4. The molecule has 0 amide bonds. The van der Waals surface area contributed by atoms with Crippen LogP contribution in [0.3, 0.4) is 0 Å². The van der Waals surface area contributed by atoms with Crippen molar-refractivity contribution in [2.75, 3.05) is 6.61 Å². The third kappa shape index (κ3) is 0.460. The number of fused-ring (bicyclic) bond motifs is 4. The Kier molecular flexibility index (Phi) is 0.741. The molecule has 3 heterocycles. The Morgan fingerprint density at radius 1 is 1.40 bits per heavy atom. The first-order chi connectivity index (χ1) is 4.86. The molecule has 0 unspecified atom stereocenters. The lowest BCUT2D eigenvalue weighted by atomic mass is 10.1. The van der Waals surface area contributed by atoms with Crippen LogP contribution in [0.5, 0.6) is 0 Å². The summed E-state index contributed by atoms with van der Waals surface area (Å²) in [6.45, 7) is 0.511. The minimum absolute atomic E-state index is 0.00579. The summed E-state index contributed by atoms with van der Waals surface area (Å²) < 4.78 is 15.3. The molecule has 54 valence electrons. The third-order valence-corrected chi connectivity index (χ3v) is 2.11. The van der Waals surface area contributed by atoms with Crippen molar-refractivity contribution in [2.24, 2.45) is 0 Å². The van der Waals surface area contributed by atoms with Crippen LogP contribution >= 0.6 is 0 Å². The normalized spacial score (nSPS) is 56.6. The third-order valence-electron chi connectivity index (χ3n) is 2.11. The molecule has 0 aliphatic carbocycles. The van der Waals surface area contributed by atoms with Crippen molar-refractivity contribution in [3.05, 3.63) is 0 Å². The van der Waals surface area contributed by atoms with Crippen LogP contribution < -0.4 is 0 Å². The quantitative estimate of drug-likeness (QED) is 0.410. The van der Waals surface area contributed by atoms with Gasteiger partial charge in [-0.05, 0) is 0 Å². The van der Waals surface area contributed by atoms with E-state index in [1.807, 2.05) is 0 Å². The zero-order valence-corrected chi connectivity index (χ0v) is 5.15. The Labute approximate surface area is 57.0 Å². The summed E-state index contributed by atoms with van der Waals surface area (Å²) >= 11 is 0. The molecule has 3 rings (SSSR count). The molecule has 4 atom stereocenters. The Hall–Kier alpha value is -0.450. The fraction of sp³-hybridized carbons (Fsp3) is 0.833. The molecule has 4 heteroatoms. The molecule has 3 fully saturated rings. The molecular formula is C6H6O4. The van der Waals surface area contributed by atoms with Gasteiger partial charge in [-0.1, -0.05) is 0 Å². The number of rotatable bonds is 0. The smallest absolute Gasteiger partial charge is 0.221 e. The minimum Gasteiger partial charge on any atom is -0.358 e. The Morgan fingerprint density at radius 2 is 2.30 bits per heavy atom. The Morgan fingerprint density at radius 3 is 3.20 bits per heavy atom. The molecule has 3 aliphatic heterocycles. The number of Topliss-reactive ketones (excluding diaryl/α,β-unsaturated/α-hetero) is 1. The fourth-order valence-electron chi connectivity index (χ4n) is 1.51. The zero-order chi connectivity index (χ0) is 6.72. The lowest BCUT2D eigenvalue weighted by molar-refractivity contribution is -0.149. The molecule has 0 radical (unpaired) electrons. The van der Waals surface area contributed by atoms with E-state index in [0.717, 1.165) is 0 Å². The summed E-state index contributed by atoms with van der Waals surface area (Å²) in [6.07, 6.45) is -0.793. The van der Waals surface area contributed by atoms with E-state index in [2.05, 4.69) is 0 Å². The summed E-state index contributed by atoms with van der Waals surface area (Å²) in [4.78, 5) is 11.0. The average molecular weight is 142 g/mol. The second-order valence-electron chi connectivity index (χ2n) is 2.76. The highest BCUT2D eigenvalue weighted by atomic mass is 16.8. The standard InChI is InChI=1S/C6H6O4/c7-3-5-4(10-5)2-1-8-6(3)9-2/h2,4-6H,1H2/t2-,4+,5-,6-/m1/s1. The van der Waals surface area contributed by atoms with Crippen molar-refractivity contribution in [1.29, 1.82) is 0 Å². The number of carbonyl (C=O) groups is 1. The Bertz CT molecular complexity index is 202. The zero-order valence-electron chi connectivity index (χ0n) is 5.15. The van der Waals surface area contributed by atoms with E-state index in [0.29, 0.717) is 6.61 Å². The van der Waals surface area contributed by atoms with Crippen LogP contribution in [0.25, 0.3) is 0 Å². The van der Waals surface area contributed by atoms with Crippen LogP contribution in [0.15, 0.2) is 0 Å². The first-order valence-electron chi connectivity index (χ1n) is 3.32. The highest BCUT2D eigenvalue weighted by molar-refractivity contribution is 5.90. The molecule has 0 N–H and O–H groups in total. The predicted molar refractivity (Wildman–Crippen MR) is 28.3 cm³/mol. The van der Waals surface area contributed by atoms with E-state index in [-0.39, 0.29) is 24.1 Å². The average Bonchev–Trinajstić information content (AvgIpc) is 2.61. The van der Waals surface area contributed by atoms with Crippen molar-refractivity contribution in [3.8, 4) is 0 Å². The summed E-state index contributed by atoms with van der Waals surface area (Å²) in [6, 6.07) is 0. The molecule has 2 bridgehead atoms. The van der Waals surface area contributed by atoms with Crippen LogP contribution in [0.1, 0.15) is 0 Å². The van der Waals surface area contributed by atoms with E-state index in [1.165, 1.54) is 0 Å². The molecule has 0 aromatic heterocycles. The maximum atomic E-state index is 11.0. The molecule has 4 nitrogen and oxygen atoms in total. The van der Waals surface area contributed by atoms with E-state index in [1.54, 1.807) is 0 Å². The minimum atomic E-state index is -0.617. The van der Waals surface area contributed by atoms with Crippen LogP contribution in [0.4, 0.5) is 0 Å². The van der Waals surface area contributed by atoms with Gasteiger partial charge in [0, 0.05) is 0 Å². The number of epoxide rings is 1. The van der Waals surface area contributed by atoms with Crippen molar-refractivity contribution in [1.82, 2.24) is 0 Å². The highest BCUT2D eigenvalue weighted by Gasteiger charge is 2.61. The largest absolute Gasteiger partial charge is 0.358 e. The van der Waals surface area contributed by atoms with Gasteiger partial charge >= 0.3 is 0 Å². The molecule has 3 saturated heterocycles. The molecule has 0 saturated carbocycles. The van der Waals surface area contributed by atoms with E-state index < -0.39 is 6.29 Å². The lowest BCUT2D eigenvalue weighted by Crippen LogP contribution is -2.35. The number of ketones is 1. The van der Waals surface area contributed by atoms with Crippen LogP contribution in [-0.4, -0.2) is 37.0 Å². The van der Waals surface area contributed by atoms with Gasteiger partial charge in [0.2, 0.25) is 12.1 Å². The van der Waals surface area contributed by atoms with Gasteiger partial charge < -0.3 is 14.2 Å². The van der Waals surface area contributed by atoms with Crippen molar-refractivity contribution >= 4 is 5.78 Å². The Balaban J connectivity index is 1.98. The lowest BCUT2D eigenvalue weighted by Gasteiger charge is -2.11. The van der Waals surface area contributed by atoms with Crippen molar-refractivity contribution < 1.29 is 19.0 Å². The van der Waals surface area contributed by atoms with E-state index in [9.17, 15) is 4.79 Å². The van der Waals surface area contributed by atoms with Gasteiger partial charge in [0.05, 0.1) is 6.61 Å². The van der Waals surface area contributed by atoms with Gasteiger partial charge in [-0.3, -0.25) is 4.79 Å². The first kappa shape index (κ1) is 5.23. The summed E-state index contributed by atoms with van der Waals surface area (Å²) in [5.41, 5.74) is 0. The second kappa shape index (κ2) is 1.42. The van der Waals surface area contributed by atoms with Gasteiger partial charge in [0.1, 0.15) is 12.2 Å². The molecule has 0 aromatic rings. The van der Waals surface area contributed by atoms with E-state index in [4.69, 9.17) is 14.2 Å². The summed E-state index contributed by atoms with van der Waals surface area (Å²) in [5, 5.41) is 0. The van der Waals surface area contributed by atoms with Gasteiger partial charge in [-0.2, -0.15) is 0 Å². The number of hydrogen-bond donors (Lipinski definition) is 0. The molecule has 0 aromatic carbocycles. The predicted octanol–water partition coefficient (Wildman–Crippen LogP) is -0.922. The topological polar surface area (TPSA) is 48.1 Å². The van der Waals surface area contributed by atoms with Gasteiger partial charge in [-0.25, -0.2) is 0 Å². The highest BCUT2D eigenvalue weighted by Crippen LogP contribution is 2.38. The molecular weight excluding hydrogens is 136 g/mol. The second-order valence-corrected chi connectivity index (χ2v) is 2.76. The van der Waals surface area contributed by atoms with Crippen LogP contribution in [0.2, 0.25) is 0 Å². The van der Waals surface area contributed by atoms with Crippen molar-refractivity contribution in [2.45, 2.75) is 24.6 Å². The molecule has 10 heavy (non-hydrogen) atoms. The summed E-state index contributed by atoms with van der Waals surface area (Å²) in [5.74, 6) is -0.0428. The SMILES string of the molecule is O=C1[C@@H]2OC[C@@H](O2)[C@@H]2O[C@H]12. The number of carbonyl (C=O) groups excluding carboxylic acids is 1. The van der Waals surface area contributed by atoms with Crippen LogP contribution in [0, 0.1) is 0 Å². The van der Waals surface area contributed by atoms with Gasteiger partial charge in [-0.15, -0.1) is 0 Å².